The SMILES string of the molecule is OC1(Cc2ccncc2Cl)CCN(c2ccccc2)CC1. The van der Waals surface area contributed by atoms with E-state index in [2.05, 4.69) is 22.0 Å². The third kappa shape index (κ3) is 3.36. The molecule has 1 aromatic heterocycles. The highest BCUT2D eigenvalue weighted by molar-refractivity contribution is 6.31. The number of anilines is 1. The summed E-state index contributed by atoms with van der Waals surface area (Å²) in [5.74, 6) is 0. The summed E-state index contributed by atoms with van der Waals surface area (Å²) >= 11 is 6.15. The van der Waals surface area contributed by atoms with Gasteiger partial charge in [0.15, 0.2) is 0 Å². The lowest BCUT2D eigenvalue weighted by Gasteiger charge is -2.39. The Balaban J connectivity index is 1.66. The molecule has 0 aliphatic carbocycles. The van der Waals surface area contributed by atoms with Crippen LogP contribution >= 0.6 is 11.6 Å². The fraction of sp³-hybridized carbons (Fsp3) is 0.353. The van der Waals surface area contributed by atoms with Crippen LogP contribution < -0.4 is 4.90 Å². The summed E-state index contributed by atoms with van der Waals surface area (Å²) in [6, 6.07) is 12.2. The average Bonchev–Trinajstić information content (AvgIpc) is 2.51. The molecule has 1 fully saturated rings. The zero-order valence-corrected chi connectivity index (χ0v) is 12.6. The van der Waals surface area contributed by atoms with Gasteiger partial charge in [0.05, 0.1) is 10.6 Å². The first-order chi connectivity index (χ1) is 10.2. The molecule has 0 atom stereocenters. The second-order valence-corrected chi connectivity index (χ2v) is 6.10. The molecule has 3 nitrogen and oxygen atoms in total. The maximum absolute atomic E-state index is 10.8. The largest absolute Gasteiger partial charge is 0.389 e. The van der Waals surface area contributed by atoms with E-state index >= 15 is 0 Å². The highest BCUT2D eigenvalue weighted by Gasteiger charge is 2.33. The van der Waals surface area contributed by atoms with Crippen LogP contribution in [0.25, 0.3) is 0 Å². The Hall–Kier alpha value is -1.58. The fourth-order valence-electron chi connectivity index (χ4n) is 2.90. The van der Waals surface area contributed by atoms with Crippen molar-refractivity contribution in [3.8, 4) is 0 Å². The van der Waals surface area contributed by atoms with E-state index in [1.165, 1.54) is 5.69 Å². The molecule has 2 aromatic rings. The molecule has 0 unspecified atom stereocenters. The van der Waals surface area contributed by atoms with E-state index in [9.17, 15) is 5.11 Å². The van der Waals surface area contributed by atoms with Crippen LogP contribution in [0, 0.1) is 0 Å². The molecule has 1 N–H and O–H groups in total. The van der Waals surface area contributed by atoms with Crippen LogP contribution in [0.15, 0.2) is 48.8 Å². The Kier molecular flexibility index (Phi) is 4.13. The third-order valence-corrected chi connectivity index (χ3v) is 4.53. The molecule has 2 heterocycles. The van der Waals surface area contributed by atoms with E-state index in [0.29, 0.717) is 11.4 Å². The van der Waals surface area contributed by atoms with Crippen LogP contribution in [0.3, 0.4) is 0 Å². The number of aliphatic hydroxyl groups is 1. The van der Waals surface area contributed by atoms with Crippen LogP contribution in [0.1, 0.15) is 18.4 Å². The highest BCUT2D eigenvalue weighted by Crippen LogP contribution is 2.30. The molecule has 110 valence electrons. The van der Waals surface area contributed by atoms with Gasteiger partial charge in [-0.2, -0.15) is 0 Å². The van der Waals surface area contributed by atoms with Crippen molar-refractivity contribution >= 4 is 17.3 Å². The normalized spacial score (nSPS) is 17.7. The van der Waals surface area contributed by atoms with Crippen molar-refractivity contribution in [1.29, 1.82) is 0 Å². The predicted octanol–water partition coefficient (Wildman–Crippen LogP) is 3.31. The zero-order chi connectivity index (χ0) is 14.7. The quantitative estimate of drug-likeness (QED) is 0.945. The number of aromatic nitrogens is 1. The van der Waals surface area contributed by atoms with Crippen LogP contribution in [0.5, 0.6) is 0 Å². The maximum Gasteiger partial charge on any atom is 0.0722 e. The second-order valence-electron chi connectivity index (χ2n) is 5.69. The van der Waals surface area contributed by atoms with Crippen LogP contribution in [0.4, 0.5) is 5.69 Å². The average molecular weight is 303 g/mol. The summed E-state index contributed by atoms with van der Waals surface area (Å²) in [5, 5.41) is 11.4. The van der Waals surface area contributed by atoms with Gasteiger partial charge < -0.3 is 10.0 Å². The Morgan fingerprint density at radius 1 is 1.14 bits per heavy atom. The van der Waals surface area contributed by atoms with Gasteiger partial charge in [-0.05, 0) is 36.6 Å². The molecule has 0 radical (unpaired) electrons. The van der Waals surface area contributed by atoms with Crippen molar-refractivity contribution in [2.75, 3.05) is 18.0 Å². The van der Waals surface area contributed by atoms with Gasteiger partial charge in [0.2, 0.25) is 0 Å². The number of pyridine rings is 1. The molecule has 0 spiro atoms. The maximum atomic E-state index is 10.8. The lowest BCUT2D eigenvalue weighted by Crippen LogP contribution is -2.45. The number of halogens is 1. The van der Waals surface area contributed by atoms with Crippen molar-refractivity contribution in [1.82, 2.24) is 4.98 Å². The minimum Gasteiger partial charge on any atom is -0.389 e. The lowest BCUT2D eigenvalue weighted by atomic mass is 9.85. The number of nitrogens with zero attached hydrogens (tertiary/aromatic N) is 2. The summed E-state index contributed by atoms with van der Waals surface area (Å²) in [6.07, 6.45) is 5.46. The summed E-state index contributed by atoms with van der Waals surface area (Å²) in [5.41, 5.74) is 1.53. The van der Waals surface area contributed by atoms with E-state index in [1.54, 1.807) is 12.4 Å². The van der Waals surface area contributed by atoms with Gasteiger partial charge in [-0.3, -0.25) is 4.98 Å². The van der Waals surface area contributed by atoms with Crippen LogP contribution in [-0.4, -0.2) is 28.8 Å². The lowest BCUT2D eigenvalue weighted by molar-refractivity contribution is 0.0165. The van der Waals surface area contributed by atoms with Gasteiger partial charge in [0, 0.05) is 37.6 Å². The number of rotatable bonds is 3. The molecule has 1 saturated heterocycles. The molecule has 0 saturated carbocycles. The molecule has 0 amide bonds. The van der Waals surface area contributed by atoms with E-state index in [1.807, 2.05) is 24.3 Å². The van der Waals surface area contributed by atoms with Gasteiger partial charge in [0.25, 0.3) is 0 Å². The Morgan fingerprint density at radius 3 is 2.52 bits per heavy atom. The second kappa shape index (κ2) is 6.04. The molecule has 3 rings (SSSR count). The number of hydrogen-bond acceptors (Lipinski definition) is 3. The first kappa shape index (κ1) is 14.4. The van der Waals surface area contributed by atoms with E-state index in [-0.39, 0.29) is 0 Å². The van der Waals surface area contributed by atoms with Crippen LogP contribution in [0.2, 0.25) is 5.02 Å². The number of piperidine rings is 1. The number of benzene rings is 1. The highest BCUT2D eigenvalue weighted by atomic mass is 35.5. The molecule has 4 heteroatoms. The Morgan fingerprint density at radius 2 is 1.86 bits per heavy atom. The summed E-state index contributed by atoms with van der Waals surface area (Å²) < 4.78 is 0. The first-order valence-corrected chi connectivity index (χ1v) is 7.65. The van der Waals surface area contributed by atoms with E-state index in [4.69, 9.17) is 11.6 Å². The van der Waals surface area contributed by atoms with Crippen molar-refractivity contribution < 1.29 is 5.11 Å². The van der Waals surface area contributed by atoms with Gasteiger partial charge in [-0.25, -0.2) is 0 Å². The molecular weight excluding hydrogens is 284 g/mol. The summed E-state index contributed by atoms with van der Waals surface area (Å²) in [4.78, 5) is 6.31. The Labute approximate surface area is 130 Å². The van der Waals surface area contributed by atoms with Crippen molar-refractivity contribution in [3.05, 3.63) is 59.4 Å². The zero-order valence-electron chi connectivity index (χ0n) is 11.9. The van der Waals surface area contributed by atoms with Gasteiger partial charge >= 0.3 is 0 Å². The predicted molar refractivity (Wildman–Crippen MR) is 85.8 cm³/mol. The van der Waals surface area contributed by atoms with E-state index in [0.717, 1.165) is 31.5 Å². The molecule has 1 aliphatic heterocycles. The van der Waals surface area contributed by atoms with Crippen molar-refractivity contribution in [3.63, 3.8) is 0 Å². The van der Waals surface area contributed by atoms with Crippen molar-refractivity contribution in [2.24, 2.45) is 0 Å². The van der Waals surface area contributed by atoms with Crippen LogP contribution in [-0.2, 0) is 6.42 Å². The minimum atomic E-state index is -0.670. The molecule has 0 bridgehead atoms. The topological polar surface area (TPSA) is 36.4 Å². The third-order valence-electron chi connectivity index (χ3n) is 4.19. The Bertz CT molecular complexity index is 595. The number of hydrogen-bond donors (Lipinski definition) is 1. The smallest absolute Gasteiger partial charge is 0.0722 e. The molecule has 1 aromatic carbocycles. The fourth-order valence-corrected chi connectivity index (χ4v) is 3.08. The minimum absolute atomic E-state index is 0.594. The van der Waals surface area contributed by atoms with Gasteiger partial charge in [0.1, 0.15) is 0 Å². The monoisotopic (exact) mass is 302 g/mol. The standard InChI is InChI=1S/C17H19ClN2O/c18-16-13-19-9-6-14(16)12-17(21)7-10-20(11-8-17)15-4-2-1-3-5-15/h1-6,9,13,21H,7-8,10-12H2. The van der Waals surface area contributed by atoms with Gasteiger partial charge in [-0.15, -0.1) is 0 Å². The summed E-state index contributed by atoms with van der Waals surface area (Å²) in [7, 11) is 0. The molecular formula is C17H19ClN2O. The van der Waals surface area contributed by atoms with Crippen molar-refractivity contribution in [2.45, 2.75) is 24.9 Å². The van der Waals surface area contributed by atoms with E-state index < -0.39 is 5.60 Å². The van der Waals surface area contributed by atoms with Gasteiger partial charge in [-0.1, -0.05) is 29.8 Å². The molecule has 21 heavy (non-hydrogen) atoms. The summed E-state index contributed by atoms with van der Waals surface area (Å²) in [6.45, 7) is 1.73. The molecule has 1 aliphatic rings. The number of para-hydroxylation sites is 1. The first-order valence-electron chi connectivity index (χ1n) is 7.27.